The van der Waals surface area contributed by atoms with E-state index in [2.05, 4.69) is 51.8 Å². The Labute approximate surface area is 173 Å². The van der Waals surface area contributed by atoms with Crippen molar-refractivity contribution in [2.45, 2.75) is 44.9 Å². The highest BCUT2D eigenvalue weighted by molar-refractivity contribution is 5.95. The Morgan fingerprint density at radius 1 is 1.14 bits per heavy atom. The monoisotopic (exact) mass is 395 g/mol. The number of rotatable bonds is 6. The first-order valence-corrected chi connectivity index (χ1v) is 11.1. The Balaban J connectivity index is 1.52. The van der Waals surface area contributed by atoms with Crippen molar-refractivity contribution < 1.29 is 4.79 Å². The molecule has 1 aromatic carbocycles. The third kappa shape index (κ3) is 4.87. The number of aromatic nitrogens is 2. The van der Waals surface area contributed by atoms with Crippen molar-refractivity contribution >= 4 is 5.91 Å². The molecule has 2 fully saturated rings. The molecule has 0 bridgehead atoms. The van der Waals surface area contributed by atoms with Gasteiger partial charge in [0.1, 0.15) is 0 Å². The van der Waals surface area contributed by atoms with Crippen molar-refractivity contribution in [3.63, 3.8) is 0 Å². The normalized spacial score (nSPS) is 18.7. The number of nitrogens with one attached hydrogen (secondary N) is 2. The van der Waals surface area contributed by atoms with E-state index in [4.69, 9.17) is 0 Å². The van der Waals surface area contributed by atoms with Crippen molar-refractivity contribution in [2.24, 2.45) is 0 Å². The molecule has 0 unspecified atom stereocenters. The number of carbonyl (C=O) groups excluding carboxylic acids is 1. The van der Waals surface area contributed by atoms with Gasteiger partial charge in [0.15, 0.2) is 0 Å². The lowest BCUT2D eigenvalue weighted by atomic mass is 9.91. The number of likely N-dealkylation sites (tertiary alicyclic amines) is 1. The molecular weight excluding hydrogens is 362 g/mol. The molecule has 29 heavy (non-hydrogen) atoms. The van der Waals surface area contributed by atoms with E-state index >= 15 is 0 Å². The zero-order chi connectivity index (χ0) is 20.1. The molecule has 2 aliphatic rings. The molecule has 1 amide bonds. The van der Waals surface area contributed by atoms with Crippen LogP contribution in [0.25, 0.3) is 5.69 Å². The quantitative estimate of drug-likeness (QED) is 0.790. The Kier molecular flexibility index (Phi) is 6.62. The fraction of sp³-hybridized carbons (Fsp3) is 0.565. The topological polar surface area (TPSA) is 62.2 Å². The molecule has 0 spiro atoms. The van der Waals surface area contributed by atoms with E-state index < -0.39 is 0 Å². The van der Waals surface area contributed by atoms with Gasteiger partial charge < -0.3 is 15.5 Å². The van der Waals surface area contributed by atoms with Gasteiger partial charge in [0.25, 0.3) is 5.91 Å². The van der Waals surface area contributed by atoms with E-state index in [0.29, 0.717) is 12.5 Å². The number of hydrogen-bond donors (Lipinski definition) is 2. The van der Waals surface area contributed by atoms with E-state index in [1.807, 2.05) is 4.68 Å². The molecule has 2 saturated heterocycles. The number of amides is 1. The van der Waals surface area contributed by atoms with Crippen LogP contribution in [0.5, 0.6) is 0 Å². The summed E-state index contributed by atoms with van der Waals surface area (Å²) in [7, 11) is 0. The number of piperidine rings is 2. The first-order chi connectivity index (χ1) is 14.2. The lowest BCUT2D eigenvalue weighted by Gasteiger charge is -2.26. The zero-order valence-corrected chi connectivity index (χ0v) is 17.5. The molecule has 6 heteroatoms. The van der Waals surface area contributed by atoms with Crippen molar-refractivity contribution in [2.75, 3.05) is 39.3 Å². The highest BCUT2D eigenvalue weighted by Gasteiger charge is 2.27. The lowest BCUT2D eigenvalue weighted by Crippen LogP contribution is -2.38. The van der Waals surface area contributed by atoms with Gasteiger partial charge in [-0.15, -0.1) is 0 Å². The molecule has 1 aromatic heterocycles. The van der Waals surface area contributed by atoms with Crippen LogP contribution in [-0.4, -0.2) is 59.9 Å². The summed E-state index contributed by atoms with van der Waals surface area (Å²) >= 11 is 0. The van der Waals surface area contributed by atoms with Gasteiger partial charge in [-0.05, 0) is 70.9 Å². The SMILES string of the molecule is Cc1ccc(-n2ncc(C(=O)NCCN3CCCCC3)c2C2CCNCC2)cc1. The smallest absolute Gasteiger partial charge is 0.254 e. The van der Waals surface area contributed by atoms with Crippen LogP contribution in [0.2, 0.25) is 0 Å². The Hall–Kier alpha value is -2.18. The van der Waals surface area contributed by atoms with Crippen LogP contribution in [0.3, 0.4) is 0 Å². The Morgan fingerprint density at radius 3 is 2.59 bits per heavy atom. The van der Waals surface area contributed by atoms with E-state index in [9.17, 15) is 4.79 Å². The van der Waals surface area contributed by atoms with Crippen molar-refractivity contribution in [1.29, 1.82) is 0 Å². The van der Waals surface area contributed by atoms with Crippen LogP contribution >= 0.6 is 0 Å². The van der Waals surface area contributed by atoms with Crippen molar-refractivity contribution in [3.05, 3.63) is 47.3 Å². The van der Waals surface area contributed by atoms with Gasteiger partial charge in [-0.2, -0.15) is 5.10 Å². The van der Waals surface area contributed by atoms with Gasteiger partial charge in [0.2, 0.25) is 0 Å². The maximum atomic E-state index is 13.1. The van der Waals surface area contributed by atoms with Crippen LogP contribution < -0.4 is 10.6 Å². The average Bonchev–Trinajstić information content (AvgIpc) is 3.21. The maximum absolute atomic E-state index is 13.1. The standard InChI is InChI=1S/C23H33N5O/c1-18-5-7-20(8-6-18)28-22(19-9-11-24-12-10-19)21(17-26-28)23(29)25-13-16-27-14-3-2-4-15-27/h5-8,17,19,24H,2-4,9-16H2,1H3,(H,25,29). The van der Waals surface area contributed by atoms with Crippen LogP contribution in [0, 0.1) is 6.92 Å². The van der Waals surface area contributed by atoms with Gasteiger partial charge in [0, 0.05) is 19.0 Å². The number of aryl methyl sites for hydroxylation is 1. The summed E-state index contributed by atoms with van der Waals surface area (Å²) in [6.07, 6.45) is 7.71. The molecule has 4 rings (SSSR count). The Bertz CT molecular complexity index is 801. The average molecular weight is 396 g/mol. The second-order valence-electron chi connectivity index (χ2n) is 8.37. The van der Waals surface area contributed by atoms with Gasteiger partial charge in [0.05, 0.1) is 23.1 Å². The molecule has 6 nitrogen and oxygen atoms in total. The first-order valence-electron chi connectivity index (χ1n) is 11.1. The summed E-state index contributed by atoms with van der Waals surface area (Å²) in [5.74, 6) is 0.358. The first kappa shape index (κ1) is 20.1. The van der Waals surface area contributed by atoms with E-state index in [1.54, 1.807) is 6.20 Å². The molecule has 0 atom stereocenters. The number of carbonyl (C=O) groups is 1. The summed E-state index contributed by atoms with van der Waals surface area (Å²) in [6, 6.07) is 8.37. The molecule has 0 aliphatic carbocycles. The maximum Gasteiger partial charge on any atom is 0.254 e. The molecule has 2 aromatic rings. The molecule has 3 heterocycles. The molecule has 2 aliphatic heterocycles. The summed E-state index contributed by atoms with van der Waals surface area (Å²) in [5, 5.41) is 11.2. The second kappa shape index (κ2) is 9.55. The van der Waals surface area contributed by atoms with Crippen LogP contribution in [0.15, 0.2) is 30.5 Å². The number of hydrogen-bond acceptors (Lipinski definition) is 4. The van der Waals surface area contributed by atoms with Crippen LogP contribution in [0.1, 0.15) is 59.6 Å². The van der Waals surface area contributed by atoms with Crippen LogP contribution in [0.4, 0.5) is 0 Å². The number of nitrogens with zero attached hydrogens (tertiary/aromatic N) is 3. The zero-order valence-electron chi connectivity index (χ0n) is 17.5. The fourth-order valence-corrected chi connectivity index (χ4v) is 4.52. The minimum absolute atomic E-state index is 0.00824. The molecule has 0 saturated carbocycles. The molecule has 0 radical (unpaired) electrons. The minimum atomic E-state index is 0.00824. The second-order valence-corrected chi connectivity index (χ2v) is 8.37. The highest BCUT2D eigenvalue weighted by atomic mass is 16.1. The van der Waals surface area contributed by atoms with Crippen molar-refractivity contribution in [1.82, 2.24) is 25.3 Å². The summed E-state index contributed by atoms with van der Waals surface area (Å²) in [5.41, 5.74) is 4.04. The third-order valence-electron chi connectivity index (χ3n) is 6.22. The van der Waals surface area contributed by atoms with Gasteiger partial charge in [-0.25, -0.2) is 4.68 Å². The minimum Gasteiger partial charge on any atom is -0.351 e. The molecule has 156 valence electrons. The van der Waals surface area contributed by atoms with Gasteiger partial charge in [-0.1, -0.05) is 24.1 Å². The predicted octanol–water partition coefficient (Wildman–Crippen LogP) is 2.86. The van der Waals surface area contributed by atoms with Crippen LogP contribution in [-0.2, 0) is 0 Å². The predicted molar refractivity (Wildman–Crippen MR) is 116 cm³/mol. The van der Waals surface area contributed by atoms with Gasteiger partial charge >= 0.3 is 0 Å². The summed E-state index contributed by atoms with van der Waals surface area (Å²) < 4.78 is 1.98. The Morgan fingerprint density at radius 2 is 1.86 bits per heavy atom. The van der Waals surface area contributed by atoms with E-state index in [-0.39, 0.29) is 5.91 Å². The largest absolute Gasteiger partial charge is 0.351 e. The lowest BCUT2D eigenvalue weighted by molar-refractivity contribution is 0.0944. The number of benzene rings is 1. The highest BCUT2D eigenvalue weighted by Crippen LogP contribution is 2.30. The van der Waals surface area contributed by atoms with E-state index in [1.165, 1.54) is 24.8 Å². The van der Waals surface area contributed by atoms with E-state index in [0.717, 1.165) is 62.5 Å². The molecule has 2 N–H and O–H groups in total. The summed E-state index contributed by atoms with van der Waals surface area (Å²) in [4.78, 5) is 15.5. The summed E-state index contributed by atoms with van der Waals surface area (Å²) in [6.45, 7) is 7.99. The molecular formula is C23H33N5O. The third-order valence-corrected chi connectivity index (χ3v) is 6.22. The van der Waals surface area contributed by atoms with Gasteiger partial charge in [-0.3, -0.25) is 4.79 Å². The fourth-order valence-electron chi connectivity index (χ4n) is 4.52. The van der Waals surface area contributed by atoms with Crippen molar-refractivity contribution in [3.8, 4) is 5.69 Å².